The van der Waals surface area contributed by atoms with Crippen molar-refractivity contribution < 1.29 is 9.90 Å². The molecule has 1 heterocycles. The van der Waals surface area contributed by atoms with Gasteiger partial charge in [-0.05, 0) is 31.9 Å². The van der Waals surface area contributed by atoms with Gasteiger partial charge < -0.3 is 10.4 Å². The van der Waals surface area contributed by atoms with Crippen LogP contribution in [0.3, 0.4) is 0 Å². The van der Waals surface area contributed by atoms with Gasteiger partial charge in [-0.25, -0.2) is 9.78 Å². The number of carboxylic acid groups (broad SMARTS) is 1. The fourth-order valence-electron chi connectivity index (χ4n) is 2.62. The molecule has 1 amide bonds. The minimum absolute atomic E-state index is 0.0725. The predicted octanol–water partition coefficient (Wildman–Crippen LogP) is 2.04. The van der Waals surface area contributed by atoms with Gasteiger partial charge in [0.05, 0.1) is 16.9 Å². The van der Waals surface area contributed by atoms with Crippen molar-refractivity contribution in [2.75, 3.05) is 0 Å². The van der Waals surface area contributed by atoms with E-state index in [-0.39, 0.29) is 11.6 Å². The van der Waals surface area contributed by atoms with Crippen molar-refractivity contribution in [3.63, 3.8) is 0 Å². The molecule has 0 saturated heterocycles. The summed E-state index contributed by atoms with van der Waals surface area (Å²) in [7, 11) is 0. The van der Waals surface area contributed by atoms with Crippen LogP contribution in [0.2, 0.25) is 0 Å². The number of benzene rings is 1. The molecule has 1 atom stereocenters. The van der Waals surface area contributed by atoms with Gasteiger partial charge in [0.15, 0.2) is 0 Å². The van der Waals surface area contributed by atoms with Gasteiger partial charge in [0.25, 0.3) is 5.56 Å². The van der Waals surface area contributed by atoms with Crippen LogP contribution in [-0.4, -0.2) is 20.8 Å². The van der Waals surface area contributed by atoms with Gasteiger partial charge in [-0.2, -0.15) is 0 Å². The second-order valence-corrected chi connectivity index (χ2v) is 5.39. The Kier molecular flexibility index (Phi) is 3.33. The largest absolute Gasteiger partial charge is 0.465 e. The van der Waals surface area contributed by atoms with Crippen molar-refractivity contribution in [1.29, 1.82) is 0 Å². The molecule has 1 fully saturated rings. The molecule has 2 aromatic rings. The molecule has 0 bridgehead atoms. The Labute approximate surface area is 126 Å². The summed E-state index contributed by atoms with van der Waals surface area (Å²) in [6.07, 6.45) is 6.10. The van der Waals surface area contributed by atoms with Crippen molar-refractivity contribution in [2.45, 2.75) is 31.8 Å². The minimum Gasteiger partial charge on any atom is -0.465 e. The average Bonchev–Trinajstić information content (AvgIpc) is 3.30. The van der Waals surface area contributed by atoms with Crippen LogP contribution < -0.4 is 10.9 Å². The van der Waals surface area contributed by atoms with E-state index in [1.807, 2.05) is 0 Å². The summed E-state index contributed by atoms with van der Waals surface area (Å²) in [5.74, 6) is 2.94. The first-order chi connectivity index (χ1) is 10.5. The van der Waals surface area contributed by atoms with E-state index < -0.39 is 12.1 Å². The first-order valence-electron chi connectivity index (χ1n) is 7.04. The maximum absolute atomic E-state index is 12.9. The van der Waals surface area contributed by atoms with E-state index in [0.29, 0.717) is 22.3 Å². The van der Waals surface area contributed by atoms with Crippen LogP contribution in [0.25, 0.3) is 10.9 Å². The predicted molar refractivity (Wildman–Crippen MR) is 81.8 cm³/mol. The van der Waals surface area contributed by atoms with Gasteiger partial charge in [-0.1, -0.05) is 12.0 Å². The number of hydrogen-bond acceptors (Lipinski definition) is 3. The van der Waals surface area contributed by atoms with Crippen LogP contribution >= 0.6 is 0 Å². The van der Waals surface area contributed by atoms with E-state index in [9.17, 15) is 9.59 Å². The second-order valence-electron chi connectivity index (χ2n) is 5.39. The second kappa shape index (κ2) is 5.19. The molecule has 1 aromatic heterocycles. The lowest BCUT2D eigenvalue weighted by Crippen LogP contribution is -2.33. The zero-order valence-electron chi connectivity index (χ0n) is 12.0. The summed E-state index contributed by atoms with van der Waals surface area (Å²) in [6, 6.07) is 4.66. The number of hydrogen-bond donors (Lipinski definition) is 2. The number of terminal acetylenes is 1. The molecule has 1 aliphatic rings. The summed E-state index contributed by atoms with van der Waals surface area (Å²) in [6.45, 7) is 1.67. The quantitative estimate of drug-likeness (QED) is 0.849. The lowest BCUT2D eigenvalue weighted by molar-refractivity contribution is 0.190. The highest BCUT2D eigenvalue weighted by Crippen LogP contribution is 2.36. The third-order valence-electron chi connectivity index (χ3n) is 3.75. The van der Waals surface area contributed by atoms with Crippen LogP contribution in [0.4, 0.5) is 4.79 Å². The molecular weight excluding hydrogens is 282 g/mol. The highest BCUT2D eigenvalue weighted by atomic mass is 16.4. The zero-order valence-corrected chi connectivity index (χ0v) is 12.0. The monoisotopic (exact) mass is 297 g/mol. The van der Waals surface area contributed by atoms with Crippen molar-refractivity contribution in [3.05, 3.63) is 39.9 Å². The van der Waals surface area contributed by atoms with Gasteiger partial charge in [0.1, 0.15) is 5.82 Å². The highest BCUT2D eigenvalue weighted by molar-refractivity contribution is 5.84. The fourth-order valence-corrected chi connectivity index (χ4v) is 2.62. The molecule has 2 N–H and O–H groups in total. The van der Waals surface area contributed by atoms with Crippen molar-refractivity contribution in [2.24, 2.45) is 0 Å². The normalized spacial score (nSPS) is 15.3. The van der Waals surface area contributed by atoms with E-state index in [1.54, 1.807) is 29.7 Å². The molecule has 1 aliphatic carbocycles. The molecular formula is C16H15N3O3. The number of amides is 1. The number of aromatic nitrogens is 2. The summed E-state index contributed by atoms with van der Waals surface area (Å²) in [4.78, 5) is 28.2. The van der Waals surface area contributed by atoms with Crippen molar-refractivity contribution in [1.82, 2.24) is 14.9 Å². The number of carbonyl (C=O) groups is 1. The van der Waals surface area contributed by atoms with Gasteiger partial charge in [0, 0.05) is 11.6 Å². The lowest BCUT2D eigenvalue weighted by Gasteiger charge is -2.18. The Morgan fingerprint density at radius 1 is 1.55 bits per heavy atom. The fraction of sp³-hybridized carbons (Fsp3) is 0.312. The molecule has 112 valence electrons. The average molecular weight is 297 g/mol. The number of fused-ring (bicyclic) bond motifs is 1. The molecule has 0 aliphatic heterocycles. The summed E-state index contributed by atoms with van der Waals surface area (Å²) < 4.78 is 1.59. The van der Waals surface area contributed by atoms with Gasteiger partial charge in [-0.3, -0.25) is 9.36 Å². The molecule has 0 radical (unpaired) electrons. The molecule has 6 heteroatoms. The molecule has 6 nitrogen and oxygen atoms in total. The maximum atomic E-state index is 12.9. The molecule has 22 heavy (non-hydrogen) atoms. The first kappa shape index (κ1) is 14.1. The van der Waals surface area contributed by atoms with Crippen molar-refractivity contribution >= 4 is 17.0 Å². The number of rotatable bonds is 3. The number of nitrogens with zero attached hydrogens (tertiary/aromatic N) is 2. The van der Waals surface area contributed by atoms with Crippen LogP contribution in [0.15, 0.2) is 23.0 Å². The standard InChI is InChI=1S/C16H15N3O3/c1-3-10-5-4-6-12-13(10)15(20)19(11-7-8-11)14(18-12)9(2)17-16(21)22/h1,4-6,9,11,17H,7-8H2,2H3,(H,21,22). The summed E-state index contributed by atoms with van der Waals surface area (Å²) >= 11 is 0. The Morgan fingerprint density at radius 3 is 2.86 bits per heavy atom. The SMILES string of the molecule is C#Cc1cccc2nc(C(C)NC(=O)O)n(C3CC3)c(=O)c12. The van der Waals surface area contributed by atoms with Gasteiger partial charge in [0.2, 0.25) is 0 Å². The molecule has 1 saturated carbocycles. The smallest absolute Gasteiger partial charge is 0.405 e. The van der Waals surface area contributed by atoms with Gasteiger partial charge >= 0.3 is 6.09 Å². The Hall–Kier alpha value is -2.81. The topological polar surface area (TPSA) is 84.2 Å². The van der Waals surface area contributed by atoms with E-state index in [0.717, 1.165) is 12.8 Å². The van der Waals surface area contributed by atoms with E-state index in [2.05, 4.69) is 16.2 Å². The van der Waals surface area contributed by atoms with Gasteiger partial charge in [-0.15, -0.1) is 6.42 Å². The summed E-state index contributed by atoms with van der Waals surface area (Å²) in [5, 5.41) is 11.7. The molecule has 3 rings (SSSR count). The number of nitrogens with one attached hydrogen (secondary N) is 1. The van der Waals surface area contributed by atoms with Crippen LogP contribution in [0, 0.1) is 12.3 Å². The first-order valence-corrected chi connectivity index (χ1v) is 7.04. The maximum Gasteiger partial charge on any atom is 0.405 e. The minimum atomic E-state index is -1.15. The zero-order chi connectivity index (χ0) is 15.9. The lowest BCUT2D eigenvalue weighted by atomic mass is 10.1. The Balaban J connectivity index is 2.29. The van der Waals surface area contributed by atoms with E-state index in [1.165, 1.54) is 0 Å². The Morgan fingerprint density at radius 2 is 2.27 bits per heavy atom. The van der Waals surface area contributed by atoms with E-state index >= 15 is 0 Å². The third-order valence-corrected chi connectivity index (χ3v) is 3.75. The van der Waals surface area contributed by atoms with Crippen LogP contribution in [-0.2, 0) is 0 Å². The van der Waals surface area contributed by atoms with Crippen molar-refractivity contribution in [3.8, 4) is 12.3 Å². The third kappa shape index (κ3) is 2.31. The molecule has 1 unspecified atom stereocenters. The van der Waals surface area contributed by atoms with Crippen LogP contribution in [0.1, 0.15) is 43.2 Å². The van der Waals surface area contributed by atoms with E-state index in [4.69, 9.17) is 11.5 Å². The Bertz CT molecular complexity index is 859. The highest BCUT2D eigenvalue weighted by Gasteiger charge is 2.30. The summed E-state index contributed by atoms with van der Waals surface area (Å²) in [5.41, 5.74) is 0.802. The molecule has 0 spiro atoms. The molecule has 1 aromatic carbocycles. The van der Waals surface area contributed by atoms with Crippen LogP contribution in [0.5, 0.6) is 0 Å².